The summed E-state index contributed by atoms with van der Waals surface area (Å²) in [7, 11) is 2.92. The number of aromatic nitrogens is 2. The van der Waals surface area contributed by atoms with E-state index in [2.05, 4.69) is 10.3 Å². The first-order valence-electron chi connectivity index (χ1n) is 11.9. The Hall–Kier alpha value is -4.94. The summed E-state index contributed by atoms with van der Waals surface area (Å²) in [5.41, 5.74) is 2.30. The summed E-state index contributed by atoms with van der Waals surface area (Å²) in [5.74, 6) is -1.52. The lowest BCUT2D eigenvalue weighted by Crippen LogP contribution is -2.55. The Bertz CT molecular complexity index is 1420. The number of imidazole rings is 1. The third-order valence-corrected chi connectivity index (χ3v) is 6.54. The van der Waals surface area contributed by atoms with E-state index in [4.69, 9.17) is 9.47 Å². The number of carboxylic acids is 1. The Kier molecular flexibility index (Phi) is 7.79. The predicted octanol–water partition coefficient (Wildman–Crippen LogP) is 2.01. The van der Waals surface area contributed by atoms with Crippen molar-refractivity contribution in [3.8, 4) is 11.5 Å². The minimum absolute atomic E-state index is 0.0228. The number of carbonyl (C=O) groups is 3. The number of non-ortho nitro benzene ring substituents is 1. The molecule has 1 aliphatic rings. The van der Waals surface area contributed by atoms with E-state index in [9.17, 15) is 29.6 Å². The van der Waals surface area contributed by atoms with Crippen molar-refractivity contribution in [2.75, 3.05) is 14.2 Å². The molecule has 0 saturated carbocycles. The summed E-state index contributed by atoms with van der Waals surface area (Å²) in [5, 5.41) is 22.7. The molecule has 0 bridgehead atoms. The molecule has 0 saturated heterocycles. The first kappa shape index (κ1) is 27.1. The average Bonchev–Trinajstić information content (AvgIpc) is 3.33. The molecule has 2 N–H and O–H groups in total. The number of carboxylic acid groups (broad SMARTS) is 1. The number of fused-ring (bicyclic) bond motifs is 1. The average molecular weight is 538 g/mol. The number of hydrogen-bond acceptors (Lipinski definition) is 8. The maximum absolute atomic E-state index is 13.7. The molecule has 2 atom stereocenters. The van der Waals surface area contributed by atoms with Crippen molar-refractivity contribution in [1.82, 2.24) is 19.8 Å². The summed E-state index contributed by atoms with van der Waals surface area (Å²) in [6, 6.07) is 8.60. The van der Waals surface area contributed by atoms with Gasteiger partial charge in [0.1, 0.15) is 12.1 Å². The number of methoxy groups -OCH3 is 2. The van der Waals surface area contributed by atoms with Gasteiger partial charge in [0.2, 0.25) is 5.91 Å². The van der Waals surface area contributed by atoms with Crippen molar-refractivity contribution in [3.05, 3.63) is 81.4 Å². The van der Waals surface area contributed by atoms with E-state index in [1.54, 1.807) is 30.6 Å². The summed E-state index contributed by atoms with van der Waals surface area (Å²) < 4.78 is 12.4. The zero-order valence-corrected chi connectivity index (χ0v) is 21.5. The lowest BCUT2D eigenvalue weighted by molar-refractivity contribution is -0.384. The Morgan fingerprint density at radius 1 is 1.15 bits per heavy atom. The number of carbonyl (C=O) groups excluding carboxylic acids is 2. The van der Waals surface area contributed by atoms with Crippen LogP contribution in [0, 0.1) is 10.1 Å². The molecule has 13 heteroatoms. The second-order valence-corrected chi connectivity index (χ2v) is 8.98. The molecule has 2 heterocycles. The number of amides is 2. The third-order valence-electron chi connectivity index (χ3n) is 6.54. The fraction of sp³-hybridized carbons (Fsp3) is 0.308. The number of ether oxygens (including phenoxy) is 2. The SMILES string of the molecule is COc1ccc(C(=O)N2Cc3c(ncn3Cc3ccc([N+](=O)[O-])cc3)CC2C(=O)NC(C)C(=O)O)cc1OC. The van der Waals surface area contributed by atoms with Gasteiger partial charge in [0.15, 0.2) is 11.5 Å². The fourth-order valence-corrected chi connectivity index (χ4v) is 4.38. The fourth-order valence-electron chi connectivity index (χ4n) is 4.38. The molecule has 0 fully saturated rings. The van der Waals surface area contributed by atoms with Gasteiger partial charge in [-0.05, 0) is 30.7 Å². The number of hydrogen-bond donors (Lipinski definition) is 2. The van der Waals surface area contributed by atoms with Crippen molar-refractivity contribution >= 4 is 23.5 Å². The van der Waals surface area contributed by atoms with Gasteiger partial charge in [-0.1, -0.05) is 12.1 Å². The molecule has 39 heavy (non-hydrogen) atoms. The van der Waals surface area contributed by atoms with Gasteiger partial charge < -0.3 is 29.4 Å². The second kappa shape index (κ2) is 11.2. The molecule has 0 spiro atoms. The standard InChI is InChI=1S/C26H27N5O8/c1-15(26(34)35)28-24(32)20-11-19-21(29(14-27-19)12-16-4-7-18(8-5-16)31(36)37)13-30(20)25(33)17-6-9-22(38-2)23(10-17)39-3/h4-10,14-15,20H,11-13H2,1-3H3,(H,28,32)(H,34,35). The molecular formula is C26H27N5O8. The molecule has 3 aromatic rings. The quantitative estimate of drug-likeness (QED) is 0.307. The number of nitrogens with zero attached hydrogens (tertiary/aromatic N) is 4. The van der Waals surface area contributed by atoms with Crippen LogP contribution < -0.4 is 14.8 Å². The number of benzene rings is 2. The van der Waals surface area contributed by atoms with E-state index >= 15 is 0 Å². The van der Waals surface area contributed by atoms with Gasteiger partial charge in [-0.25, -0.2) is 4.98 Å². The van der Waals surface area contributed by atoms with Crippen LogP contribution in [0.15, 0.2) is 48.8 Å². The summed E-state index contributed by atoms with van der Waals surface area (Å²) in [4.78, 5) is 54.6. The summed E-state index contributed by atoms with van der Waals surface area (Å²) in [6.07, 6.45) is 1.66. The van der Waals surface area contributed by atoms with E-state index in [0.717, 1.165) is 5.56 Å². The number of nitrogens with one attached hydrogen (secondary N) is 1. The molecule has 0 aliphatic carbocycles. The Labute approximate surface area is 223 Å². The van der Waals surface area contributed by atoms with Gasteiger partial charge in [-0.2, -0.15) is 0 Å². The van der Waals surface area contributed by atoms with Gasteiger partial charge in [-0.15, -0.1) is 0 Å². The van der Waals surface area contributed by atoms with Crippen molar-refractivity contribution < 1.29 is 33.9 Å². The highest BCUT2D eigenvalue weighted by molar-refractivity contribution is 5.99. The largest absolute Gasteiger partial charge is 0.493 e. The van der Waals surface area contributed by atoms with Crippen LogP contribution in [0.25, 0.3) is 0 Å². The van der Waals surface area contributed by atoms with E-state index in [1.807, 2.05) is 4.57 Å². The lowest BCUT2D eigenvalue weighted by Gasteiger charge is -2.35. The van der Waals surface area contributed by atoms with Crippen molar-refractivity contribution in [2.24, 2.45) is 0 Å². The molecule has 1 aliphatic heterocycles. The van der Waals surface area contributed by atoms with Crippen molar-refractivity contribution in [3.63, 3.8) is 0 Å². The molecule has 0 radical (unpaired) electrons. The molecule has 4 rings (SSSR count). The van der Waals surface area contributed by atoms with Gasteiger partial charge in [0.25, 0.3) is 11.6 Å². The highest BCUT2D eigenvalue weighted by Crippen LogP contribution is 2.30. The Balaban J connectivity index is 1.67. The second-order valence-electron chi connectivity index (χ2n) is 8.98. The first-order chi connectivity index (χ1) is 18.6. The highest BCUT2D eigenvalue weighted by Gasteiger charge is 2.38. The zero-order chi connectivity index (χ0) is 28.3. The van der Waals surface area contributed by atoms with Crippen LogP contribution >= 0.6 is 0 Å². The molecule has 2 aromatic carbocycles. The van der Waals surface area contributed by atoms with E-state index in [0.29, 0.717) is 29.4 Å². The summed E-state index contributed by atoms with van der Waals surface area (Å²) in [6.45, 7) is 1.70. The van der Waals surface area contributed by atoms with Gasteiger partial charge in [-0.3, -0.25) is 24.5 Å². The number of rotatable bonds is 9. The van der Waals surface area contributed by atoms with Crippen LogP contribution in [0.2, 0.25) is 0 Å². The van der Waals surface area contributed by atoms with Crippen LogP contribution in [0.1, 0.15) is 34.2 Å². The minimum Gasteiger partial charge on any atom is -0.493 e. The van der Waals surface area contributed by atoms with Gasteiger partial charge in [0, 0.05) is 30.7 Å². The summed E-state index contributed by atoms with van der Waals surface area (Å²) >= 11 is 0. The maximum Gasteiger partial charge on any atom is 0.325 e. The van der Waals surface area contributed by atoms with Crippen LogP contribution in [0.5, 0.6) is 11.5 Å². The Morgan fingerprint density at radius 3 is 2.46 bits per heavy atom. The maximum atomic E-state index is 13.7. The predicted molar refractivity (Wildman–Crippen MR) is 137 cm³/mol. The highest BCUT2D eigenvalue weighted by atomic mass is 16.6. The van der Waals surface area contributed by atoms with Gasteiger partial charge >= 0.3 is 5.97 Å². The molecular weight excluding hydrogens is 510 g/mol. The Morgan fingerprint density at radius 2 is 1.85 bits per heavy atom. The first-order valence-corrected chi connectivity index (χ1v) is 11.9. The normalized spacial score (nSPS) is 15.2. The van der Waals surface area contributed by atoms with Crippen LogP contribution in [-0.4, -0.2) is 68.6 Å². The smallest absolute Gasteiger partial charge is 0.325 e. The van der Waals surface area contributed by atoms with E-state index < -0.39 is 34.8 Å². The van der Waals surface area contributed by atoms with Gasteiger partial charge in [0.05, 0.1) is 43.4 Å². The van der Waals surface area contributed by atoms with E-state index in [-0.39, 0.29) is 24.2 Å². The molecule has 2 amide bonds. The number of aliphatic carboxylic acids is 1. The number of nitro benzene ring substituents is 1. The van der Waals surface area contributed by atoms with Crippen molar-refractivity contribution in [1.29, 1.82) is 0 Å². The topological polar surface area (TPSA) is 166 Å². The minimum atomic E-state index is -1.20. The lowest BCUT2D eigenvalue weighted by atomic mass is 9.99. The molecule has 2 unspecified atom stereocenters. The van der Waals surface area contributed by atoms with Crippen LogP contribution in [0.4, 0.5) is 5.69 Å². The van der Waals surface area contributed by atoms with Crippen molar-refractivity contribution in [2.45, 2.75) is 38.5 Å². The molecule has 13 nitrogen and oxygen atoms in total. The monoisotopic (exact) mass is 537 g/mol. The van der Waals surface area contributed by atoms with Crippen LogP contribution in [0.3, 0.4) is 0 Å². The molecule has 204 valence electrons. The molecule has 1 aromatic heterocycles. The number of nitro groups is 1. The third kappa shape index (κ3) is 5.66. The zero-order valence-electron chi connectivity index (χ0n) is 21.5. The van der Waals surface area contributed by atoms with Crippen LogP contribution in [-0.2, 0) is 29.1 Å². The van der Waals surface area contributed by atoms with E-state index in [1.165, 1.54) is 44.2 Å².